The summed E-state index contributed by atoms with van der Waals surface area (Å²) in [5.41, 5.74) is 7.35. The lowest BCUT2D eigenvalue weighted by Crippen LogP contribution is -2.08. The second-order valence-corrected chi connectivity index (χ2v) is 8.85. The largest absolute Gasteiger partial charge is 0.496 e. The van der Waals surface area contributed by atoms with Gasteiger partial charge in [0.2, 0.25) is 5.91 Å². The zero-order valence-corrected chi connectivity index (χ0v) is 20.3. The van der Waals surface area contributed by atoms with Crippen LogP contribution in [0.25, 0.3) is 38.4 Å². The fourth-order valence-electron chi connectivity index (χ4n) is 4.54. The van der Waals surface area contributed by atoms with Gasteiger partial charge in [-0.1, -0.05) is 54.1 Å². The number of fused-ring (bicyclic) bond motifs is 2. The normalized spacial score (nSPS) is 11.7. The summed E-state index contributed by atoms with van der Waals surface area (Å²) in [5, 5.41) is 6.29. The molecule has 0 spiro atoms. The van der Waals surface area contributed by atoms with Crippen molar-refractivity contribution in [2.45, 2.75) is 20.8 Å². The first-order chi connectivity index (χ1) is 16.9. The summed E-state index contributed by atoms with van der Waals surface area (Å²) < 4.78 is 11.8. The number of hydrogen-bond acceptors (Lipinski definition) is 3. The fraction of sp³-hybridized carbons (Fsp3) is 0.129. The number of amides is 1. The summed E-state index contributed by atoms with van der Waals surface area (Å²) in [6, 6.07) is 24.5. The van der Waals surface area contributed by atoms with E-state index in [1.165, 1.54) is 10.8 Å². The Morgan fingerprint density at radius 3 is 2.43 bits per heavy atom. The maximum absolute atomic E-state index is 12.7. The highest BCUT2D eigenvalue weighted by Gasteiger charge is 2.19. The first-order valence-electron chi connectivity index (χ1n) is 11.6. The molecule has 0 saturated heterocycles. The van der Waals surface area contributed by atoms with Crippen molar-refractivity contribution in [3.05, 3.63) is 102 Å². The molecule has 4 nitrogen and oxygen atoms in total. The molecule has 0 unspecified atom stereocenters. The van der Waals surface area contributed by atoms with Gasteiger partial charge >= 0.3 is 0 Å². The van der Waals surface area contributed by atoms with E-state index in [0.717, 1.165) is 50.0 Å². The van der Waals surface area contributed by atoms with Crippen LogP contribution < -0.4 is 10.1 Å². The second kappa shape index (κ2) is 9.15. The third kappa shape index (κ3) is 4.31. The van der Waals surface area contributed by atoms with E-state index in [1.54, 1.807) is 19.4 Å². The third-order valence-corrected chi connectivity index (χ3v) is 6.40. The minimum atomic E-state index is -0.187. The summed E-state index contributed by atoms with van der Waals surface area (Å²) in [7, 11) is 1.64. The van der Waals surface area contributed by atoms with Crippen molar-refractivity contribution >= 4 is 38.9 Å². The molecule has 5 rings (SSSR count). The summed E-state index contributed by atoms with van der Waals surface area (Å²) in [6.45, 7) is 5.92. The van der Waals surface area contributed by atoms with E-state index in [2.05, 4.69) is 41.7 Å². The SMILES string of the molecule is COc1c(/C(C)=C/C(=O)Nc2ccc(C)cc2)cc2c(-c3ccc4ccccc4c3)coc2c1C. The number of allylic oxidation sites excluding steroid dienone is 1. The number of carbonyl (C=O) groups is 1. The predicted molar refractivity (Wildman–Crippen MR) is 144 cm³/mol. The number of anilines is 1. The number of rotatable bonds is 5. The number of furan rings is 1. The zero-order chi connectivity index (χ0) is 24.5. The Hall–Kier alpha value is -4.31. The number of carbonyl (C=O) groups excluding carboxylic acids is 1. The Bertz CT molecular complexity index is 1590. The quantitative estimate of drug-likeness (QED) is 0.270. The van der Waals surface area contributed by atoms with E-state index in [1.807, 2.05) is 57.2 Å². The molecular formula is C31H27NO3. The van der Waals surface area contributed by atoms with Crippen molar-refractivity contribution < 1.29 is 13.9 Å². The molecule has 0 bridgehead atoms. The van der Waals surface area contributed by atoms with Crippen molar-refractivity contribution in [2.75, 3.05) is 12.4 Å². The zero-order valence-electron chi connectivity index (χ0n) is 20.3. The van der Waals surface area contributed by atoms with Gasteiger partial charge in [-0.25, -0.2) is 0 Å². The highest BCUT2D eigenvalue weighted by molar-refractivity contribution is 6.06. The minimum absolute atomic E-state index is 0.187. The van der Waals surface area contributed by atoms with Crippen LogP contribution in [0.15, 0.2) is 89.6 Å². The molecule has 1 heterocycles. The highest BCUT2D eigenvalue weighted by Crippen LogP contribution is 2.41. The van der Waals surface area contributed by atoms with Gasteiger partial charge < -0.3 is 14.5 Å². The monoisotopic (exact) mass is 461 g/mol. The molecule has 0 aliphatic carbocycles. The van der Waals surface area contributed by atoms with E-state index in [0.29, 0.717) is 5.75 Å². The van der Waals surface area contributed by atoms with E-state index >= 15 is 0 Å². The topological polar surface area (TPSA) is 51.5 Å². The lowest BCUT2D eigenvalue weighted by atomic mass is 9.95. The van der Waals surface area contributed by atoms with Crippen LogP contribution in [0.2, 0.25) is 0 Å². The Morgan fingerprint density at radius 2 is 1.69 bits per heavy atom. The van der Waals surface area contributed by atoms with Gasteiger partial charge in [-0.3, -0.25) is 4.79 Å². The molecule has 0 fully saturated rings. The van der Waals surface area contributed by atoms with Crippen LogP contribution in [-0.2, 0) is 4.79 Å². The number of methoxy groups -OCH3 is 1. The molecular weight excluding hydrogens is 434 g/mol. The number of benzene rings is 4. The van der Waals surface area contributed by atoms with Gasteiger partial charge in [0.15, 0.2) is 0 Å². The minimum Gasteiger partial charge on any atom is -0.496 e. The summed E-state index contributed by atoms with van der Waals surface area (Å²) in [4.78, 5) is 12.7. The van der Waals surface area contributed by atoms with E-state index < -0.39 is 0 Å². The summed E-state index contributed by atoms with van der Waals surface area (Å²) >= 11 is 0. The van der Waals surface area contributed by atoms with Crippen molar-refractivity contribution in [3.63, 3.8) is 0 Å². The van der Waals surface area contributed by atoms with E-state index in [-0.39, 0.29) is 5.91 Å². The van der Waals surface area contributed by atoms with Gasteiger partial charge in [0.1, 0.15) is 11.3 Å². The van der Waals surface area contributed by atoms with Gasteiger partial charge in [0.05, 0.1) is 13.4 Å². The maximum atomic E-state index is 12.7. The van der Waals surface area contributed by atoms with Gasteiger partial charge in [-0.15, -0.1) is 0 Å². The van der Waals surface area contributed by atoms with Crippen LogP contribution in [-0.4, -0.2) is 13.0 Å². The smallest absolute Gasteiger partial charge is 0.248 e. The Kier molecular flexibility index (Phi) is 5.87. The van der Waals surface area contributed by atoms with E-state index in [9.17, 15) is 4.79 Å². The fourth-order valence-corrected chi connectivity index (χ4v) is 4.54. The van der Waals surface area contributed by atoms with E-state index in [4.69, 9.17) is 9.15 Å². The first-order valence-corrected chi connectivity index (χ1v) is 11.6. The molecule has 1 amide bonds. The molecule has 0 saturated carbocycles. The van der Waals surface area contributed by atoms with Crippen LogP contribution in [0.4, 0.5) is 5.69 Å². The molecule has 4 heteroatoms. The lowest BCUT2D eigenvalue weighted by Gasteiger charge is -2.13. The van der Waals surface area contributed by atoms with Crippen molar-refractivity contribution in [1.29, 1.82) is 0 Å². The third-order valence-electron chi connectivity index (χ3n) is 6.40. The number of hydrogen-bond donors (Lipinski definition) is 1. The Morgan fingerprint density at radius 1 is 0.943 bits per heavy atom. The number of aryl methyl sites for hydroxylation is 2. The van der Waals surface area contributed by atoms with Crippen LogP contribution in [0.3, 0.4) is 0 Å². The average molecular weight is 462 g/mol. The van der Waals surface area contributed by atoms with Crippen molar-refractivity contribution in [1.82, 2.24) is 0 Å². The van der Waals surface area contributed by atoms with Gasteiger partial charge in [0, 0.05) is 33.8 Å². The number of nitrogens with one attached hydrogen (secondary N) is 1. The molecule has 0 aliphatic rings. The Labute approximate surface area is 204 Å². The molecule has 0 radical (unpaired) electrons. The molecule has 5 aromatic rings. The summed E-state index contributed by atoms with van der Waals surface area (Å²) in [6.07, 6.45) is 3.41. The predicted octanol–water partition coefficient (Wildman–Crippen LogP) is 7.92. The van der Waals surface area contributed by atoms with Gasteiger partial charge in [-0.2, -0.15) is 0 Å². The number of ether oxygens (including phenoxy) is 1. The average Bonchev–Trinajstić information content (AvgIpc) is 3.29. The summed E-state index contributed by atoms with van der Waals surface area (Å²) in [5.74, 6) is 0.516. The van der Waals surface area contributed by atoms with Gasteiger partial charge in [-0.05, 0) is 66.9 Å². The molecule has 35 heavy (non-hydrogen) atoms. The van der Waals surface area contributed by atoms with Crippen LogP contribution >= 0.6 is 0 Å². The van der Waals surface area contributed by atoms with Crippen molar-refractivity contribution in [2.24, 2.45) is 0 Å². The van der Waals surface area contributed by atoms with Crippen molar-refractivity contribution in [3.8, 4) is 16.9 Å². The molecule has 174 valence electrons. The first kappa shape index (κ1) is 22.5. The molecule has 1 aromatic heterocycles. The second-order valence-electron chi connectivity index (χ2n) is 8.85. The van der Waals surface area contributed by atoms with Crippen LogP contribution in [0.5, 0.6) is 5.75 Å². The lowest BCUT2D eigenvalue weighted by molar-refractivity contribution is -0.111. The molecule has 1 N–H and O–H groups in total. The highest BCUT2D eigenvalue weighted by atomic mass is 16.5. The van der Waals surface area contributed by atoms with Crippen LogP contribution in [0.1, 0.15) is 23.6 Å². The van der Waals surface area contributed by atoms with Crippen LogP contribution in [0, 0.1) is 13.8 Å². The van der Waals surface area contributed by atoms with Gasteiger partial charge in [0.25, 0.3) is 0 Å². The molecule has 0 atom stereocenters. The molecule has 4 aromatic carbocycles. The molecule has 0 aliphatic heterocycles. The maximum Gasteiger partial charge on any atom is 0.248 e. The standard InChI is InChI=1S/C31H27NO3/c1-19-9-13-25(14-10-19)32-29(33)15-20(2)26-17-27-28(18-35-31(27)21(3)30(26)34-4)24-12-11-22-7-5-6-8-23(22)16-24/h5-18H,1-4H3,(H,32,33)/b20-15+. The Balaban J connectivity index is 1.57.